The Morgan fingerprint density at radius 1 is 1.33 bits per heavy atom. The first-order chi connectivity index (χ1) is 7.09. The molecule has 5 heteroatoms. The number of phenolic OH excluding ortho intramolecular Hbond substituents is 1. The molecular weight excluding hydrogens is 214 g/mol. The average molecular weight is 224 g/mol. The van der Waals surface area contributed by atoms with Gasteiger partial charge in [0.25, 0.3) is 0 Å². The molecular formula is C10H10ClN3O. The van der Waals surface area contributed by atoms with Crippen LogP contribution >= 0.6 is 11.6 Å². The smallest absolute Gasteiger partial charge is 0.146 e. The fourth-order valence-corrected chi connectivity index (χ4v) is 1.43. The Morgan fingerprint density at radius 2 is 1.93 bits per heavy atom. The van der Waals surface area contributed by atoms with E-state index in [1.165, 1.54) is 4.68 Å². The van der Waals surface area contributed by atoms with Crippen molar-refractivity contribution in [2.24, 2.45) is 0 Å². The highest BCUT2D eigenvalue weighted by Crippen LogP contribution is 2.25. The number of nitrogens with zero attached hydrogens (tertiary/aromatic N) is 2. The molecule has 2 aromatic rings. The van der Waals surface area contributed by atoms with Gasteiger partial charge in [0.2, 0.25) is 0 Å². The fourth-order valence-electron chi connectivity index (χ4n) is 1.32. The summed E-state index contributed by atoms with van der Waals surface area (Å²) in [5, 5.41) is 13.8. The van der Waals surface area contributed by atoms with Crippen LogP contribution in [0.5, 0.6) is 5.75 Å². The molecule has 2 rings (SSSR count). The Hall–Kier alpha value is -1.68. The van der Waals surface area contributed by atoms with Crippen LogP contribution in [0.4, 0.5) is 5.82 Å². The van der Waals surface area contributed by atoms with E-state index in [1.54, 1.807) is 31.2 Å². The number of benzene rings is 1. The molecule has 3 N–H and O–H groups in total. The zero-order valence-electron chi connectivity index (χ0n) is 8.11. The van der Waals surface area contributed by atoms with Crippen molar-refractivity contribution in [3.05, 3.63) is 35.0 Å². The third-order valence-electron chi connectivity index (χ3n) is 2.11. The summed E-state index contributed by atoms with van der Waals surface area (Å²) in [6, 6.07) is 6.57. The number of anilines is 1. The van der Waals surface area contributed by atoms with Crippen LogP contribution in [-0.4, -0.2) is 14.9 Å². The highest BCUT2D eigenvalue weighted by molar-refractivity contribution is 6.33. The van der Waals surface area contributed by atoms with Crippen LogP contribution in [0.25, 0.3) is 5.69 Å². The minimum Gasteiger partial charge on any atom is -0.508 e. The summed E-state index contributed by atoms with van der Waals surface area (Å²) < 4.78 is 1.54. The van der Waals surface area contributed by atoms with Crippen LogP contribution in [0.3, 0.4) is 0 Å². The Labute approximate surface area is 91.9 Å². The maximum Gasteiger partial charge on any atom is 0.146 e. The summed E-state index contributed by atoms with van der Waals surface area (Å²) in [5.41, 5.74) is 7.23. The molecule has 0 saturated carbocycles. The van der Waals surface area contributed by atoms with Gasteiger partial charge in [-0.1, -0.05) is 11.6 Å². The zero-order chi connectivity index (χ0) is 11.0. The van der Waals surface area contributed by atoms with Gasteiger partial charge in [0.05, 0.1) is 11.4 Å². The number of hydrogen-bond acceptors (Lipinski definition) is 3. The third-order valence-corrected chi connectivity index (χ3v) is 2.58. The highest BCUT2D eigenvalue weighted by atomic mass is 35.5. The normalized spacial score (nSPS) is 10.5. The third kappa shape index (κ3) is 1.64. The van der Waals surface area contributed by atoms with Gasteiger partial charge in [0.1, 0.15) is 16.6 Å². The molecule has 0 fully saturated rings. The molecule has 0 radical (unpaired) electrons. The number of nitrogen functional groups attached to an aromatic ring is 1. The lowest BCUT2D eigenvalue weighted by Crippen LogP contribution is -2.01. The van der Waals surface area contributed by atoms with Crippen molar-refractivity contribution in [2.75, 3.05) is 5.73 Å². The zero-order valence-corrected chi connectivity index (χ0v) is 8.86. The van der Waals surface area contributed by atoms with Gasteiger partial charge in [-0.3, -0.25) is 0 Å². The van der Waals surface area contributed by atoms with Gasteiger partial charge < -0.3 is 10.8 Å². The molecule has 0 saturated heterocycles. The van der Waals surface area contributed by atoms with Gasteiger partial charge in [0.15, 0.2) is 0 Å². The van der Waals surface area contributed by atoms with E-state index in [2.05, 4.69) is 5.10 Å². The van der Waals surface area contributed by atoms with Gasteiger partial charge in [-0.25, -0.2) is 4.68 Å². The molecule has 15 heavy (non-hydrogen) atoms. The van der Waals surface area contributed by atoms with Gasteiger partial charge >= 0.3 is 0 Å². The number of rotatable bonds is 1. The lowest BCUT2D eigenvalue weighted by Gasteiger charge is -2.03. The Kier molecular flexibility index (Phi) is 2.28. The second-order valence-corrected chi connectivity index (χ2v) is 3.59. The van der Waals surface area contributed by atoms with Crippen LogP contribution in [0.2, 0.25) is 5.02 Å². The minimum atomic E-state index is 0.201. The number of halogens is 1. The van der Waals surface area contributed by atoms with Gasteiger partial charge in [-0.15, -0.1) is 0 Å². The SMILES string of the molecule is Cc1nn(-c2ccc(O)cc2)c(N)c1Cl. The first kappa shape index (κ1) is 9.86. The molecule has 0 bridgehead atoms. The first-order valence-electron chi connectivity index (χ1n) is 4.39. The van der Waals surface area contributed by atoms with Crippen molar-refractivity contribution in [1.82, 2.24) is 9.78 Å². The lowest BCUT2D eigenvalue weighted by atomic mass is 10.3. The second-order valence-electron chi connectivity index (χ2n) is 3.21. The number of hydrogen-bond donors (Lipinski definition) is 2. The predicted molar refractivity (Wildman–Crippen MR) is 59.4 cm³/mol. The van der Waals surface area contributed by atoms with Gasteiger partial charge in [-0.2, -0.15) is 5.10 Å². The van der Waals surface area contributed by atoms with E-state index >= 15 is 0 Å². The first-order valence-corrected chi connectivity index (χ1v) is 4.77. The minimum absolute atomic E-state index is 0.201. The highest BCUT2D eigenvalue weighted by Gasteiger charge is 2.10. The molecule has 1 aromatic heterocycles. The number of nitrogens with two attached hydrogens (primary N) is 1. The van der Waals surface area contributed by atoms with Crippen molar-refractivity contribution < 1.29 is 5.11 Å². The Balaban J connectivity index is 2.54. The standard InChI is InChI=1S/C10H10ClN3O/c1-6-9(11)10(12)14(13-6)7-2-4-8(15)5-3-7/h2-5,15H,12H2,1H3. The number of aromatic nitrogens is 2. The maximum absolute atomic E-state index is 9.15. The maximum atomic E-state index is 9.15. The average Bonchev–Trinajstić information content (AvgIpc) is 2.47. The Morgan fingerprint density at radius 3 is 2.40 bits per heavy atom. The molecule has 1 heterocycles. The van der Waals surface area contributed by atoms with E-state index in [0.29, 0.717) is 16.5 Å². The molecule has 78 valence electrons. The van der Waals surface area contributed by atoms with Crippen molar-refractivity contribution in [2.45, 2.75) is 6.92 Å². The molecule has 0 aliphatic heterocycles. The summed E-state index contributed by atoms with van der Waals surface area (Å²) >= 11 is 5.92. The van der Waals surface area contributed by atoms with E-state index in [1.807, 2.05) is 0 Å². The Bertz CT molecular complexity index is 490. The molecule has 0 atom stereocenters. The molecule has 0 spiro atoms. The van der Waals surface area contributed by atoms with Crippen molar-refractivity contribution in [1.29, 1.82) is 0 Å². The van der Waals surface area contributed by atoms with Gasteiger partial charge in [0, 0.05) is 0 Å². The van der Waals surface area contributed by atoms with Crippen LogP contribution in [0.15, 0.2) is 24.3 Å². The second kappa shape index (κ2) is 3.47. The quantitative estimate of drug-likeness (QED) is 0.779. The summed E-state index contributed by atoms with van der Waals surface area (Å²) in [6.45, 7) is 1.79. The van der Waals surface area contributed by atoms with Crippen LogP contribution in [0.1, 0.15) is 5.69 Å². The van der Waals surface area contributed by atoms with E-state index in [0.717, 1.165) is 5.69 Å². The van der Waals surface area contributed by atoms with Crippen molar-refractivity contribution in [3.63, 3.8) is 0 Å². The van der Waals surface area contributed by atoms with E-state index in [-0.39, 0.29) is 5.75 Å². The summed E-state index contributed by atoms with van der Waals surface area (Å²) in [5.74, 6) is 0.604. The topological polar surface area (TPSA) is 64.1 Å². The van der Waals surface area contributed by atoms with Crippen LogP contribution < -0.4 is 5.73 Å². The number of aromatic hydroxyl groups is 1. The summed E-state index contributed by atoms with van der Waals surface area (Å²) in [6.07, 6.45) is 0. The number of phenols is 1. The van der Waals surface area contributed by atoms with E-state index in [4.69, 9.17) is 22.4 Å². The van der Waals surface area contributed by atoms with Crippen LogP contribution in [0, 0.1) is 6.92 Å². The molecule has 0 aliphatic rings. The van der Waals surface area contributed by atoms with E-state index in [9.17, 15) is 0 Å². The molecule has 0 amide bonds. The fraction of sp³-hybridized carbons (Fsp3) is 0.100. The van der Waals surface area contributed by atoms with Gasteiger partial charge in [-0.05, 0) is 31.2 Å². The molecule has 0 unspecified atom stereocenters. The summed E-state index contributed by atoms with van der Waals surface area (Å²) in [7, 11) is 0. The molecule has 0 aliphatic carbocycles. The number of aryl methyl sites for hydroxylation is 1. The van der Waals surface area contributed by atoms with Crippen LogP contribution in [-0.2, 0) is 0 Å². The lowest BCUT2D eigenvalue weighted by molar-refractivity contribution is 0.475. The monoisotopic (exact) mass is 223 g/mol. The van der Waals surface area contributed by atoms with E-state index < -0.39 is 0 Å². The largest absolute Gasteiger partial charge is 0.508 e. The van der Waals surface area contributed by atoms with Crippen molar-refractivity contribution >= 4 is 17.4 Å². The molecule has 1 aromatic carbocycles. The molecule has 4 nitrogen and oxygen atoms in total. The summed E-state index contributed by atoms with van der Waals surface area (Å²) in [4.78, 5) is 0. The van der Waals surface area contributed by atoms with Crippen molar-refractivity contribution in [3.8, 4) is 11.4 Å². The predicted octanol–water partition coefficient (Wildman–Crippen LogP) is 2.12.